The molecule has 0 radical (unpaired) electrons. The average molecular weight is 345 g/mol. The molecule has 1 aliphatic rings. The maximum atomic E-state index is 5.41. The first kappa shape index (κ1) is 16.6. The van der Waals surface area contributed by atoms with Gasteiger partial charge in [-0.1, -0.05) is 19.1 Å². The van der Waals surface area contributed by atoms with Gasteiger partial charge >= 0.3 is 0 Å². The van der Waals surface area contributed by atoms with E-state index >= 15 is 0 Å². The van der Waals surface area contributed by atoms with Crippen molar-refractivity contribution in [3.63, 3.8) is 0 Å². The SMILES string of the molecule is CCNC(=NCc1ccc2c(c1)OCO2)NCC(C)c1cccs1. The molecule has 1 aliphatic heterocycles. The Balaban J connectivity index is 1.59. The molecular formula is C18H23N3O2S. The third-order valence-electron chi connectivity index (χ3n) is 3.81. The van der Waals surface area contributed by atoms with E-state index in [1.807, 2.05) is 18.2 Å². The van der Waals surface area contributed by atoms with Crippen LogP contribution >= 0.6 is 11.3 Å². The third-order valence-corrected chi connectivity index (χ3v) is 4.91. The number of benzene rings is 1. The van der Waals surface area contributed by atoms with E-state index in [0.717, 1.165) is 36.1 Å². The highest BCUT2D eigenvalue weighted by molar-refractivity contribution is 7.10. The molecule has 0 fully saturated rings. The smallest absolute Gasteiger partial charge is 0.231 e. The van der Waals surface area contributed by atoms with Gasteiger partial charge in [0.15, 0.2) is 17.5 Å². The summed E-state index contributed by atoms with van der Waals surface area (Å²) >= 11 is 1.79. The molecule has 2 aromatic rings. The Kier molecular flexibility index (Phi) is 5.59. The fraction of sp³-hybridized carbons (Fsp3) is 0.389. The standard InChI is InChI=1S/C18H23N3O2S/c1-3-19-18(20-10-13(2)17-5-4-8-24-17)21-11-14-6-7-15-16(9-14)23-12-22-15/h4-9,13H,3,10-12H2,1-2H3,(H2,19,20,21). The van der Waals surface area contributed by atoms with E-state index < -0.39 is 0 Å². The second-order valence-corrected chi connectivity index (χ2v) is 6.66. The minimum atomic E-state index is 0.298. The molecule has 2 N–H and O–H groups in total. The number of thiophene rings is 1. The molecule has 24 heavy (non-hydrogen) atoms. The molecule has 0 aliphatic carbocycles. The molecule has 0 saturated heterocycles. The van der Waals surface area contributed by atoms with E-state index in [0.29, 0.717) is 19.3 Å². The highest BCUT2D eigenvalue weighted by Gasteiger charge is 2.13. The molecule has 2 heterocycles. The zero-order valence-electron chi connectivity index (χ0n) is 14.0. The van der Waals surface area contributed by atoms with Crippen molar-refractivity contribution in [1.82, 2.24) is 10.6 Å². The van der Waals surface area contributed by atoms with Gasteiger partial charge in [-0.15, -0.1) is 11.3 Å². The van der Waals surface area contributed by atoms with Gasteiger partial charge in [-0.3, -0.25) is 0 Å². The quantitative estimate of drug-likeness (QED) is 0.623. The Labute approximate surface area is 146 Å². The van der Waals surface area contributed by atoms with E-state index in [1.165, 1.54) is 4.88 Å². The number of fused-ring (bicyclic) bond motifs is 1. The van der Waals surface area contributed by atoms with Crippen molar-refractivity contribution in [2.45, 2.75) is 26.3 Å². The first-order valence-corrected chi connectivity index (χ1v) is 9.08. The third kappa shape index (κ3) is 4.20. The number of nitrogens with one attached hydrogen (secondary N) is 2. The summed E-state index contributed by atoms with van der Waals surface area (Å²) in [6, 6.07) is 10.2. The van der Waals surface area contributed by atoms with Crippen LogP contribution in [0.2, 0.25) is 0 Å². The highest BCUT2D eigenvalue weighted by Crippen LogP contribution is 2.32. The summed E-state index contributed by atoms with van der Waals surface area (Å²) < 4.78 is 10.7. The second kappa shape index (κ2) is 8.06. The van der Waals surface area contributed by atoms with Crippen LogP contribution in [0.4, 0.5) is 0 Å². The van der Waals surface area contributed by atoms with Gasteiger partial charge in [0, 0.05) is 23.9 Å². The van der Waals surface area contributed by atoms with Crippen LogP contribution in [0.5, 0.6) is 11.5 Å². The molecule has 3 rings (SSSR count). The number of nitrogens with zero attached hydrogens (tertiary/aromatic N) is 1. The molecule has 6 heteroatoms. The van der Waals surface area contributed by atoms with Gasteiger partial charge in [-0.25, -0.2) is 4.99 Å². The Hall–Kier alpha value is -2.21. The van der Waals surface area contributed by atoms with Crippen LogP contribution < -0.4 is 20.1 Å². The lowest BCUT2D eigenvalue weighted by molar-refractivity contribution is 0.174. The normalized spacial score (nSPS) is 14.5. The molecule has 0 saturated carbocycles. The number of rotatable bonds is 6. The van der Waals surface area contributed by atoms with Crippen LogP contribution in [0, 0.1) is 0 Å². The Morgan fingerprint density at radius 1 is 1.25 bits per heavy atom. The number of aliphatic imine (C=N–C) groups is 1. The summed E-state index contributed by atoms with van der Waals surface area (Å²) in [7, 11) is 0. The number of hydrogen-bond acceptors (Lipinski definition) is 4. The van der Waals surface area contributed by atoms with E-state index in [-0.39, 0.29) is 0 Å². The molecule has 0 amide bonds. The van der Waals surface area contributed by atoms with Gasteiger partial charge < -0.3 is 20.1 Å². The van der Waals surface area contributed by atoms with Gasteiger partial charge in [-0.2, -0.15) is 0 Å². The van der Waals surface area contributed by atoms with E-state index in [1.54, 1.807) is 11.3 Å². The molecule has 1 aromatic carbocycles. The van der Waals surface area contributed by atoms with Crippen molar-refractivity contribution in [3.05, 3.63) is 46.2 Å². The number of ether oxygens (including phenoxy) is 2. The van der Waals surface area contributed by atoms with Crippen molar-refractivity contribution in [3.8, 4) is 11.5 Å². The summed E-state index contributed by atoms with van der Waals surface area (Å²) in [5.74, 6) is 2.89. The van der Waals surface area contributed by atoms with Crippen molar-refractivity contribution in [2.75, 3.05) is 19.9 Å². The number of hydrogen-bond donors (Lipinski definition) is 2. The second-order valence-electron chi connectivity index (χ2n) is 5.68. The van der Waals surface area contributed by atoms with E-state index in [9.17, 15) is 0 Å². The van der Waals surface area contributed by atoms with Gasteiger partial charge in [0.2, 0.25) is 6.79 Å². The minimum Gasteiger partial charge on any atom is -0.454 e. The van der Waals surface area contributed by atoms with E-state index in [4.69, 9.17) is 9.47 Å². The zero-order chi connectivity index (χ0) is 16.8. The summed E-state index contributed by atoms with van der Waals surface area (Å²) in [6.45, 7) is 6.88. The van der Waals surface area contributed by atoms with Gasteiger partial charge in [0.25, 0.3) is 0 Å². The number of guanidine groups is 1. The van der Waals surface area contributed by atoms with Crippen molar-refractivity contribution in [1.29, 1.82) is 0 Å². The minimum absolute atomic E-state index is 0.298. The van der Waals surface area contributed by atoms with Crippen LogP contribution in [0.3, 0.4) is 0 Å². The average Bonchev–Trinajstić information content (AvgIpc) is 3.27. The molecule has 128 valence electrons. The lowest BCUT2D eigenvalue weighted by Crippen LogP contribution is -2.39. The molecule has 0 bridgehead atoms. The van der Waals surface area contributed by atoms with Crippen molar-refractivity contribution in [2.24, 2.45) is 4.99 Å². The first-order chi connectivity index (χ1) is 11.8. The Bertz CT molecular complexity index is 686. The maximum Gasteiger partial charge on any atom is 0.231 e. The van der Waals surface area contributed by atoms with Crippen molar-refractivity contribution < 1.29 is 9.47 Å². The predicted octanol–water partition coefficient (Wildman–Crippen LogP) is 3.34. The summed E-state index contributed by atoms with van der Waals surface area (Å²) in [4.78, 5) is 6.05. The van der Waals surface area contributed by atoms with Crippen LogP contribution in [0.1, 0.15) is 30.2 Å². The fourth-order valence-corrected chi connectivity index (χ4v) is 3.26. The Morgan fingerprint density at radius 3 is 2.92 bits per heavy atom. The maximum absolute atomic E-state index is 5.41. The van der Waals surface area contributed by atoms with Crippen LogP contribution in [0.15, 0.2) is 40.7 Å². The molecule has 1 unspecified atom stereocenters. The first-order valence-electron chi connectivity index (χ1n) is 8.20. The molecular weight excluding hydrogens is 322 g/mol. The lowest BCUT2D eigenvalue weighted by Gasteiger charge is -2.15. The highest BCUT2D eigenvalue weighted by atomic mass is 32.1. The van der Waals surface area contributed by atoms with Crippen molar-refractivity contribution >= 4 is 17.3 Å². The largest absolute Gasteiger partial charge is 0.454 e. The van der Waals surface area contributed by atoms with Gasteiger partial charge in [0.05, 0.1) is 6.54 Å². The summed E-state index contributed by atoms with van der Waals surface area (Å²) in [5, 5.41) is 8.83. The Morgan fingerprint density at radius 2 is 2.12 bits per heavy atom. The van der Waals surface area contributed by atoms with Crippen LogP contribution in [-0.4, -0.2) is 25.8 Å². The van der Waals surface area contributed by atoms with E-state index in [2.05, 4.69) is 47.0 Å². The zero-order valence-corrected chi connectivity index (χ0v) is 14.9. The van der Waals surface area contributed by atoms with Gasteiger partial charge in [-0.05, 0) is 36.1 Å². The summed E-state index contributed by atoms with van der Waals surface area (Å²) in [5.41, 5.74) is 1.10. The molecule has 5 nitrogen and oxygen atoms in total. The molecule has 0 spiro atoms. The van der Waals surface area contributed by atoms with Gasteiger partial charge in [0.1, 0.15) is 0 Å². The van der Waals surface area contributed by atoms with Crippen LogP contribution in [-0.2, 0) is 6.54 Å². The molecule has 1 aromatic heterocycles. The fourth-order valence-electron chi connectivity index (χ4n) is 2.47. The monoisotopic (exact) mass is 345 g/mol. The molecule has 1 atom stereocenters. The lowest BCUT2D eigenvalue weighted by atomic mass is 10.1. The summed E-state index contributed by atoms with van der Waals surface area (Å²) in [6.07, 6.45) is 0. The van der Waals surface area contributed by atoms with Crippen LogP contribution in [0.25, 0.3) is 0 Å². The predicted molar refractivity (Wildman–Crippen MR) is 98.1 cm³/mol. The topological polar surface area (TPSA) is 54.9 Å².